The van der Waals surface area contributed by atoms with Crippen molar-refractivity contribution >= 4 is 17.9 Å². The summed E-state index contributed by atoms with van der Waals surface area (Å²) < 4.78 is 16.1. The van der Waals surface area contributed by atoms with Gasteiger partial charge in [-0.15, -0.1) is 0 Å². The van der Waals surface area contributed by atoms with Crippen molar-refractivity contribution in [2.45, 2.75) is 134 Å². The van der Waals surface area contributed by atoms with Crippen LogP contribution in [0.5, 0.6) is 23.0 Å². The molecule has 49 heavy (non-hydrogen) atoms. The number of ether oxygens (including phenoxy) is 3. The van der Waals surface area contributed by atoms with Gasteiger partial charge in [-0.2, -0.15) is 0 Å². The normalized spacial score (nSPS) is 20.6. The second-order valence-electron chi connectivity index (χ2n) is 12.6. The van der Waals surface area contributed by atoms with E-state index in [4.69, 9.17) is 14.2 Å². The average Bonchev–Trinajstić information content (AvgIpc) is 3.03. The predicted octanol–water partition coefficient (Wildman–Crippen LogP) is 5.23. The highest BCUT2D eigenvalue weighted by molar-refractivity contribution is 5.97. The van der Waals surface area contributed by atoms with E-state index in [0.29, 0.717) is 18.4 Å². The minimum atomic E-state index is -1.96. The molecule has 0 aromatic heterocycles. The molecular formula is C36H50O13. The summed E-state index contributed by atoms with van der Waals surface area (Å²) in [6.45, 7) is 3.63. The minimum Gasteiger partial charge on any atom is -0.507 e. The number of carboxylic acids is 2. The lowest BCUT2D eigenvalue weighted by Crippen LogP contribution is -2.61. The van der Waals surface area contributed by atoms with Crippen molar-refractivity contribution in [3.05, 3.63) is 46.5 Å². The van der Waals surface area contributed by atoms with E-state index >= 15 is 0 Å². The standard InChI is InChI=1S/C36H50O13/c1-3-4-5-6-7-8-9-10-11-12-13-14-15-16-22-17-18-25(48-36-31(41)29(39)30(40)32(49-36)34(44)45)28(38)27(22)35(46)47-23-19-21(2)26(33(42)43)24(37)20-23/h17-20,29-32,36-41H,3-16H2,1-2H3,(H,42,43)(H,44,45)/t29-,30-,31+,32-,36+/m0/s1. The summed E-state index contributed by atoms with van der Waals surface area (Å²) in [6.07, 6.45) is 5.69. The summed E-state index contributed by atoms with van der Waals surface area (Å²) in [5.74, 6) is -5.98. The van der Waals surface area contributed by atoms with E-state index in [2.05, 4.69) is 6.92 Å². The molecule has 0 radical (unpaired) electrons. The fourth-order valence-electron chi connectivity index (χ4n) is 5.98. The largest absolute Gasteiger partial charge is 0.507 e. The summed E-state index contributed by atoms with van der Waals surface area (Å²) in [4.78, 5) is 36.5. The van der Waals surface area contributed by atoms with Crippen LogP contribution in [0.15, 0.2) is 24.3 Å². The van der Waals surface area contributed by atoms with Gasteiger partial charge in [0.1, 0.15) is 40.9 Å². The molecule has 1 fully saturated rings. The molecule has 1 heterocycles. The Labute approximate surface area is 286 Å². The van der Waals surface area contributed by atoms with Crippen LogP contribution in [-0.2, 0) is 16.0 Å². The van der Waals surface area contributed by atoms with Crippen molar-refractivity contribution in [1.29, 1.82) is 0 Å². The lowest BCUT2D eigenvalue weighted by molar-refractivity contribution is -0.271. The molecular weight excluding hydrogens is 640 g/mol. The van der Waals surface area contributed by atoms with Gasteiger partial charge >= 0.3 is 17.9 Å². The van der Waals surface area contributed by atoms with E-state index in [0.717, 1.165) is 31.7 Å². The first-order valence-corrected chi connectivity index (χ1v) is 17.1. The van der Waals surface area contributed by atoms with Crippen molar-refractivity contribution < 1.29 is 64.3 Å². The lowest BCUT2D eigenvalue weighted by Gasteiger charge is -2.38. The number of benzene rings is 2. The third-order valence-electron chi connectivity index (χ3n) is 8.75. The summed E-state index contributed by atoms with van der Waals surface area (Å²) in [5, 5.41) is 70.7. The molecule has 0 aliphatic carbocycles. The molecule has 2 aromatic carbocycles. The summed E-state index contributed by atoms with van der Waals surface area (Å²) in [7, 11) is 0. The second-order valence-corrected chi connectivity index (χ2v) is 12.6. The summed E-state index contributed by atoms with van der Waals surface area (Å²) in [6, 6.07) is 5.00. The Hall–Kier alpha value is -3.91. The number of aryl methyl sites for hydroxylation is 2. The number of carboxylic acid groups (broad SMARTS) is 2. The van der Waals surface area contributed by atoms with E-state index in [1.165, 1.54) is 76.5 Å². The molecule has 1 saturated heterocycles. The van der Waals surface area contributed by atoms with Crippen LogP contribution in [-0.4, -0.2) is 84.4 Å². The van der Waals surface area contributed by atoms with E-state index in [1.807, 2.05) is 0 Å². The maximum Gasteiger partial charge on any atom is 0.347 e. The highest BCUT2D eigenvalue weighted by atomic mass is 16.7. The Morgan fingerprint density at radius 3 is 1.86 bits per heavy atom. The van der Waals surface area contributed by atoms with E-state index in [-0.39, 0.29) is 22.4 Å². The highest BCUT2D eigenvalue weighted by Gasteiger charge is 2.48. The number of hydrogen-bond donors (Lipinski definition) is 7. The molecule has 0 saturated carbocycles. The Morgan fingerprint density at radius 2 is 1.33 bits per heavy atom. The number of aliphatic hydroxyl groups excluding tert-OH is 3. The molecule has 0 spiro atoms. The van der Waals surface area contributed by atoms with Crippen LogP contribution in [0.4, 0.5) is 0 Å². The third-order valence-corrected chi connectivity index (χ3v) is 8.75. The van der Waals surface area contributed by atoms with Gasteiger partial charge < -0.3 is 50.0 Å². The molecule has 1 aliphatic rings. The van der Waals surface area contributed by atoms with Crippen molar-refractivity contribution in [3.8, 4) is 23.0 Å². The van der Waals surface area contributed by atoms with Crippen molar-refractivity contribution in [3.63, 3.8) is 0 Å². The van der Waals surface area contributed by atoms with Gasteiger partial charge in [0.15, 0.2) is 17.6 Å². The second kappa shape index (κ2) is 19.3. The van der Waals surface area contributed by atoms with Gasteiger partial charge in [-0.05, 0) is 43.0 Å². The molecule has 2 aromatic rings. The number of aromatic hydroxyl groups is 2. The number of aliphatic hydroxyl groups is 3. The van der Waals surface area contributed by atoms with Gasteiger partial charge in [0.05, 0.1) is 0 Å². The monoisotopic (exact) mass is 690 g/mol. The van der Waals surface area contributed by atoms with Gasteiger partial charge in [-0.25, -0.2) is 14.4 Å². The van der Waals surface area contributed by atoms with Crippen LogP contribution >= 0.6 is 0 Å². The first kappa shape index (κ1) is 39.5. The van der Waals surface area contributed by atoms with Gasteiger partial charge in [0.25, 0.3) is 0 Å². The maximum absolute atomic E-state index is 13.5. The number of aliphatic carboxylic acids is 1. The Balaban J connectivity index is 1.72. The number of phenols is 2. The molecule has 7 N–H and O–H groups in total. The predicted molar refractivity (Wildman–Crippen MR) is 177 cm³/mol. The molecule has 5 atom stereocenters. The summed E-state index contributed by atoms with van der Waals surface area (Å²) >= 11 is 0. The number of phenolic OH excluding ortho intramolecular Hbond substituents is 1. The summed E-state index contributed by atoms with van der Waals surface area (Å²) in [5.41, 5.74) is -0.151. The van der Waals surface area contributed by atoms with E-state index in [1.54, 1.807) is 0 Å². The fourth-order valence-corrected chi connectivity index (χ4v) is 5.98. The van der Waals surface area contributed by atoms with Crippen LogP contribution < -0.4 is 9.47 Å². The third kappa shape index (κ3) is 11.0. The number of hydrogen-bond acceptors (Lipinski definition) is 11. The number of esters is 1. The minimum absolute atomic E-state index is 0.126. The zero-order chi connectivity index (χ0) is 36.1. The van der Waals surface area contributed by atoms with Crippen LogP contribution in [0.2, 0.25) is 0 Å². The quantitative estimate of drug-likeness (QED) is 0.0538. The molecule has 0 unspecified atom stereocenters. The number of carbonyl (C=O) groups is 3. The number of unbranched alkanes of at least 4 members (excludes halogenated alkanes) is 12. The van der Waals surface area contributed by atoms with Crippen molar-refractivity contribution in [1.82, 2.24) is 0 Å². The van der Waals surface area contributed by atoms with Crippen LogP contribution in [0.3, 0.4) is 0 Å². The van der Waals surface area contributed by atoms with Gasteiger partial charge in [0, 0.05) is 6.07 Å². The topological polar surface area (TPSA) is 221 Å². The first-order valence-electron chi connectivity index (χ1n) is 17.1. The van der Waals surface area contributed by atoms with Crippen LogP contribution in [0, 0.1) is 6.92 Å². The van der Waals surface area contributed by atoms with Crippen LogP contribution in [0.25, 0.3) is 0 Å². The molecule has 0 bridgehead atoms. The highest BCUT2D eigenvalue weighted by Crippen LogP contribution is 2.37. The number of carbonyl (C=O) groups excluding carboxylic acids is 1. The molecule has 272 valence electrons. The van der Waals surface area contributed by atoms with Gasteiger partial charge in [-0.3, -0.25) is 0 Å². The SMILES string of the molecule is CCCCCCCCCCCCCCCc1ccc(O[C@@H]2O[C@H](C(=O)O)[C@@H](O)[C@H](O)[C@H]2O)c(O)c1C(=O)Oc1cc(C)c(C(=O)O)c(O)c1. The molecule has 1 aliphatic heterocycles. The van der Waals surface area contributed by atoms with E-state index < -0.39 is 65.9 Å². The molecule has 3 rings (SSSR count). The van der Waals surface area contributed by atoms with Crippen molar-refractivity contribution in [2.75, 3.05) is 0 Å². The average molecular weight is 691 g/mol. The molecule has 13 nitrogen and oxygen atoms in total. The smallest absolute Gasteiger partial charge is 0.347 e. The zero-order valence-electron chi connectivity index (χ0n) is 28.2. The Kier molecular flexibility index (Phi) is 15.6. The van der Waals surface area contributed by atoms with E-state index in [9.17, 15) is 50.1 Å². The van der Waals surface area contributed by atoms with Crippen LogP contribution in [0.1, 0.15) is 122 Å². The van der Waals surface area contributed by atoms with Crippen molar-refractivity contribution in [2.24, 2.45) is 0 Å². The number of rotatable bonds is 20. The maximum atomic E-state index is 13.5. The van der Waals surface area contributed by atoms with Gasteiger partial charge in [-0.1, -0.05) is 90.0 Å². The first-order chi connectivity index (χ1) is 23.4. The molecule has 0 amide bonds. The fraction of sp³-hybridized carbons (Fsp3) is 0.583. The zero-order valence-corrected chi connectivity index (χ0v) is 28.2. The van der Waals surface area contributed by atoms with Gasteiger partial charge in [0.2, 0.25) is 6.29 Å². The number of aromatic carboxylic acids is 1. The molecule has 13 heteroatoms. The lowest BCUT2D eigenvalue weighted by atomic mass is 9.98. The Bertz CT molecular complexity index is 1380. The Morgan fingerprint density at radius 1 is 0.755 bits per heavy atom.